The highest BCUT2D eigenvalue weighted by atomic mass is 35.5. The molecule has 2 rings (SSSR count). The molecule has 3 N–H and O–H groups in total. The molecule has 0 bridgehead atoms. The van der Waals surface area contributed by atoms with E-state index >= 15 is 0 Å². The number of nitrogens with one attached hydrogen (secondary N) is 1. The van der Waals surface area contributed by atoms with Gasteiger partial charge in [0.2, 0.25) is 0 Å². The molecule has 0 spiro atoms. The first-order valence-corrected chi connectivity index (χ1v) is 6.62. The standard InChI is InChI=1S/C13H14Cl2N4/c1-3-11-7(2)12(19-16)18-13(17-11)9-6-8(14)4-5-10(9)15/h4-6H,3,16H2,1-2H3,(H,17,18,19). The first kappa shape index (κ1) is 14.1. The highest BCUT2D eigenvalue weighted by molar-refractivity contribution is 6.35. The van der Waals surface area contributed by atoms with Crippen molar-refractivity contribution in [1.29, 1.82) is 0 Å². The summed E-state index contributed by atoms with van der Waals surface area (Å²) in [6.07, 6.45) is 0.786. The number of benzene rings is 1. The van der Waals surface area contributed by atoms with Crippen molar-refractivity contribution in [3.8, 4) is 11.4 Å². The van der Waals surface area contributed by atoms with Crippen LogP contribution in [0.1, 0.15) is 18.2 Å². The van der Waals surface area contributed by atoms with Crippen molar-refractivity contribution in [3.05, 3.63) is 39.5 Å². The van der Waals surface area contributed by atoms with Crippen LogP contribution >= 0.6 is 23.2 Å². The number of nitrogens with zero attached hydrogens (tertiary/aromatic N) is 2. The zero-order chi connectivity index (χ0) is 14.0. The van der Waals surface area contributed by atoms with Crippen molar-refractivity contribution in [2.45, 2.75) is 20.3 Å². The van der Waals surface area contributed by atoms with Gasteiger partial charge in [-0.1, -0.05) is 30.1 Å². The molecule has 0 aliphatic rings. The molecular formula is C13H14Cl2N4. The summed E-state index contributed by atoms with van der Waals surface area (Å²) >= 11 is 12.2. The molecule has 0 radical (unpaired) electrons. The molecule has 100 valence electrons. The Hall–Kier alpha value is -1.36. The van der Waals surface area contributed by atoms with E-state index in [4.69, 9.17) is 29.0 Å². The monoisotopic (exact) mass is 296 g/mol. The third-order valence-corrected chi connectivity index (χ3v) is 3.45. The van der Waals surface area contributed by atoms with Gasteiger partial charge in [-0.05, 0) is 31.5 Å². The van der Waals surface area contributed by atoms with Crippen molar-refractivity contribution in [3.63, 3.8) is 0 Å². The fourth-order valence-corrected chi connectivity index (χ4v) is 2.21. The van der Waals surface area contributed by atoms with Gasteiger partial charge in [-0.2, -0.15) is 0 Å². The van der Waals surface area contributed by atoms with Gasteiger partial charge in [-0.3, -0.25) is 0 Å². The Balaban J connectivity index is 2.65. The predicted octanol–water partition coefficient (Wildman–Crippen LogP) is 3.61. The van der Waals surface area contributed by atoms with Crippen LogP contribution in [-0.2, 0) is 6.42 Å². The topological polar surface area (TPSA) is 63.8 Å². The normalized spacial score (nSPS) is 10.6. The van der Waals surface area contributed by atoms with Crippen LogP contribution in [-0.4, -0.2) is 9.97 Å². The van der Waals surface area contributed by atoms with E-state index in [1.165, 1.54) is 0 Å². The van der Waals surface area contributed by atoms with Crippen molar-refractivity contribution in [2.24, 2.45) is 5.84 Å². The zero-order valence-corrected chi connectivity index (χ0v) is 12.2. The number of halogens is 2. The maximum atomic E-state index is 6.17. The molecule has 6 heteroatoms. The Kier molecular flexibility index (Phi) is 4.24. The van der Waals surface area contributed by atoms with E-state index in [2.05, 4.69) is 15.4 Å². The quantitative estimate of drug-likeness (QED) is 0.671. The fraction of sp³-hybridized carbons (Fsp3) is 0.231. The summed E-state index contributed by atoms with van der Waals surface area (Å²) in [5, 5.41) is 1.14. The van der Waals surface area contributed by atoms with E-state index in [0.717, 1.165) is 17.7 Å². The lowest BCUT2D eigenvalue weighted by Gasteiger charge is -2.12. The van der Waals surface area contributed by atoms with E-state index < -0.39 is 0 Å². The van der Waals surface area contributed by atoms with Gasteiger partial charge in [-0.25, -0.2) is 15.8 Å². The van der Waals surface area contributed by atoms with E-state index in [9.17, 15) is 0 Å². The second kappa shape index (κ2) is 5.74. The van der Waals surface area contributed by atoms with Gasteiger partial charge in [0.05, 0.1) is 5.02 Å². The molecular weight excluding hydrogens is 283 g/mol. The molecule has 19 heavy (non-hydrogen) atoms. The molecule has 0 atom stereocenters. The first-order valence-electron chi connectivity index (χ1n) is 5.86. The average molecular weight is 297 g/mol. The number of hydrogen-bond donors (Lipinski definition) is 2. The van der Waals surface area contributed by atoms with Crippen LogP contribution < -0.4 is 11.3 Å². The maximum Gasteiger partial charge on any atom is 0.163 e. The van der Waals surface area contributed by atoms with Crippen molar-refractivity contribution in [1.82, 2.24) is 9.97 Å². The molecule has 0 amide bonds. The van der Waals surface area contributed by atoms with E-state index in [0.29, 0.717) is 27.3 Å². The smallest absolute Gasteiger partial charge is 0.163 e. The van der Waals surface area contributed by atoms with Crippen LogP contribution in [0.3, 0.4) is 0 Å². The van der Waals surface area contributed by atoms with Gasteiger partial charge in [0.25, 0.3) is 0 Å². The van der Waals surface area contributed by atoms with Gasteiger partial charge in [-0.15, -0.1) is 0 Å². The minimum Gasteiger partial charge on any atom is -0.308 e. The molecule has 2 aromatic rings. The Labute approximate surface area is 121 Å². The van der Waals surface area contributed by atoms with Crippen LogP contribution in [0.2, 0.25) is 10.0 Å². The molecule has 0 saturated carbocycles. The minimum absolute atomic E-state index is 0.517. The maximum absolute atomic E-state index is 6.17. The predicted molar refractivity (Wildman–Crippen MR) is 79.4 cm³/mol. The van der Waals surface area contributed by atoms with Gasteiger partial charge < -0.3 is 5.43 Å². The first-order chi connectivity index (χ1) is 9.06. The third kappa shape index (κ3) is 2.81. The lowest BCUT2D eigenvalue weighted by molar-refractivity contribution is 0.973. The van der Waals surface area contributed by atoms with Crippen LogP contribution in [0.25, 0.3) is 11.4 Å². The van der Waals surface area contributed by atoms with Crippen LogP contribution in [0.15, 0.2) is 18.2 Å². The van der Waals surface area contributed by atoms with E-state index in [1.807, 2.05) is 13.8 Å². The number of rotatable bonds is 3. The Morgan fingerprint density at radius 2 is 2.00 bits per heavy atom. The number of anilines is 1. The Morgan fingerprint density at radius 3 is 2.63 bits per heavy atom. The third-order valence-electron chi connectivity index (χ3n) is 2.89. The largest absolute Gasteiger partial charge is 0.308 e. The summed E-state index contributed by atoms with van der Waals surface area (Å²) in [5.41, 5.74) is 5.14. The van der Waals surface area contributed by atoms with Crippen molar-refractivity contribution < 1.29 is 0 Å². The number of hydrazine groups is 1. The Morgan fingerprint density at radius 1 is 1.26 bits per heavy atom. The SMILES string of the molecule is CCc1nc(-c2cc(Cl)ccc2Cl)nc(NN)c1C. The Bertz CT molecular complexity index is 589. The molecule has 1 aromatic heterocycles. The van der Waals surface area contributed by atoms with Gasteiger partial charge in [0.1, 0.15) is 5.82 Å². The number of aromatic nitrogens is 2. The molecule has 0 fully saturated rings. The van der Waals surface area contributed by atoms with Gasteiger partial charge >= 0.3 is 0 Å². The van der Waals surface area contributed by atoms with E-state index in [-0.39, 0.29) is 0 Å². The van der Waals surface area contributed by atoms with Crippen molar-refractivity contribution in [2.75, 3.05) is 5.43 Å². The summed E-state index contributed by atoms with van der Waals surface area (Å²) < 4.78 is 0. The highest BCUT2D eigenvalue weighted by Crippen LogP contribution is 2.30. The molecule has 1 aromatic carbocycles. The summed E-state index contributed by atoms with van der Waals surface area (Å²) in [5.74, 6) is 6.60. The second-order valence-electron chi connectivity index (χ2n) is 4.09. The average Bonchev–Trinajstić information content (AvgIpc) is 2.42. The summed E-state index contributed by atoms with van der Waals surface area (Å²) in [4.78, 5) is 8.90. The summed E-state index contributed by atoms with van der Waals surface area (Å²) in [6, 6.07) is 5.20. The molecule has 1 heterocycles. The molecule has 0 saturated heterocycles. The van der Waals surface area contributed by atoms with Gasteiger partial charge in [0, 0.05) is 21.8 Å². The van der Waals surface area contributed by atoms with Crippen LogP contribution in [0.4, 0.5) is 5.82 Å². The summed E-state index contributed by atoms with van der Waals surface area (Å²) in [6.45, 7) is 3.95. The number of nitrogen functional groups attached to an aromatic ring is 1. The van der Waals surface area contributed by atoms with Crippen LogP contribution in [0.5, 0.6) is 0 Å². The van der Waals surface area contributed by atoms with Gasteiger partial charge in [0.15, 0.2) is 5.82 Å². The molecule has 4 nitrogen and oxygen atoms in total. The number of hydrogen-bond acceptors (Lipinski definition) is 4. The minimum atomic E-state index is 0.517. The zero-order valence-electron chi connectivity index (χ0n) is 10.7. The molecule has 0 aliphatic carbocycles. The summed E-state index contributed by atoms with van der Waals surface area (Å²) in [7, 11) is 0. The lowest BCUT2D eigenvalue weighted by Crippen LogP contribution is -2.13. The number of aryl methyl sites for hydroxylation is 1. The van der Waals surface area contributed by atoms with Crippen LogP contribution in [0, 0.1) is 6.92 Å². The van der Waals surface area contributed by atoms with E-state index in [1.54, 1.807) is 18.2 Å². The highest BCUT2D eigenvalue weighted by Gasteiger charge is 2.13. The second-order valence-corrected chi connectivity index (χ2v) is 4.93. The fourth-order valence-electron chi connectivity index (χ4n) is 1.84. The lowest BCUT2D eigenvalue weighted by atomic mass is 10.1. The van der Waals surface area contributed by atoms with Crippen molar-refractivity contribution >= 4 is 29.0 Å². The number of nitrogens with two attached hydrogens (primary N) is 1. The molecule has 0 unspecified atom stereocenters. The molecule has 0 aliphatic heterocycles.